The van der Waals surface area contributed by atoms with Crippen LogP contribution < -0.4 is 14.4 Å². The fraction of sp³-hybridized carbons (Fsp3) is 0.355. The van der Waals surface area contributed by atoms with E-state index in [1.54, 1.807) is 48.5 Å². The van der Waals surface area contributed by atoms with E-state index in [1.165, 1.54) is 29.2 Å². The first-order valence-electron chi connectivity index (χ1n) is 13.8. The van der Waals surface area contributed by atoms with Crippen LogP contribution in [-0.4, -0.2) is 50.9 Å². The Labute approximate surface area is 258 Å². The fourth-order valence-corrected chi connectivity index (χ4v) is 5.93. The van der Waals surface area contributed by atoms with Crippen molar-refractivity contribution in [3.63, 3.8) is 0 Å². The standard InChI is InChI=1S/C31H37Cl2N3O5S/c1-5-29(31(38)34-19-22(3)4)35(20-23-7-9-24(32)10-8-23)30(37)21-36(26-13-15-27(16-14-26)41-6-2)42(39,40)28-17-11-25(33)12-18-28/h7-18,22,29H,5-6,19-21H2,1-4H3,(H,34,38). The largest absolute Gasteiger partial charge is 0.494 e. The predicted molar refractivity (Wildman–Crippen MR) is 168 cm³/mol. The molecule has 0 bridgehead atoms. The van der Waals surface area contributed by atoms with Gasteiger partial charge in [-0.2, -0.15) is 0 Å². The Hall–Kier alpha value is -3.27. The van der Waals surface area contributed by atoms with Crippen LogP contribution in [0.1, 0.15) is 39.7 Å². The van der Waals surface area contributed by atoms with Gasteiger partial charge >= 0.3 is 0 Å². The Balaban J connectivity index is 2.04. The number of nitrogens with zero attached hydrogens (tertiary/aromatic N) is 2. The second kappa shape index (κ2) is 15.3. The zero-order valence-electron chi connectivity index (χ0n) is 24.2. The first-order valence-corrected chi connectivity index (χ1v) is 16.0. The van der Waals surface area contributed by atoms with Crippen LogP contribution in [0.5, 0.6) is 5.75 Å². The van der Waals surface area contributed by atoms with Gasteiger partial charge in [-0.15, -0.1) is 0 Å². The Morgan fingerprint density at radius 1 is 0.881 bits per heavy atom. The highest BCUT2D eigenvalue weighted by Gasteiger charge is 2.33. The summed E-state index contributed by atoms with van der Waals surface area (Å²) in [4.78, 5) is 28.8. The molecule has 3 rings (SSSR count). The van der Waals surface area contributed by atoms with Crippen LogP contribution in [0.2, 0.25) is 10.0 Å². The molecule has 3 aromatic rings. The van der Waals surface area contributed by atoms with Crippen LogP contribution in [0.4, 0.5) is 5.69 Å². The first-order chi connectivity index (χ1) is 20.0. The van der Waals surface area contributed by atoms with Crippen LogP contribution in [0.3, 0.4) is 0 Å². The van der Waals surface area contributed by atoms with Gasteiger partial charge in [0.25, 0.3) is 10.0 Å². The minimum absolute atomic E-state index is 0.0282. The molecule has 0 aromatic heterocycles. The molecule has 0 heterocycles. The zero-order chi connectivity index (χ0) is 30.9. The molecule has 1 atom stereocenters. The molecule has 42 heavy (non-hydrogen) atoms. The fourth-order valence-electron chi connectivity index (χ4n) is 4.27. The summed E-state index contributed by atoms with van der Waals surface area (Å²) in [6.45, 7) is 8.06. The molecule has 3 aromatic carbocycles. The van der Waals surface area contributed by atoms with E-state index in [9.17, 15) is 18.0 Å². The molecular weight excluding hydrogens is 597 g/mol. The number of benzene rings is 3. The molecule has 2 amide bonds. The lowest BCUT2D eigenvalue weighted by atomic mass is 10.1. The van der Waals surface area contributed by atoms with Gasteiger partial charge in [-0.3, -0.25) is 13.9 Å². The second-order valence-corrected chi connectivity index (χ2v) is 12.8. The van der Waals surface area contributed by atoms with Gasteiger partial charge in [-0.25, -0.2) is 8.42 Å². The Morgan fingerprint density at radius 2 is 1.45 bits per heavy atom. The number of halogens is 2. The van der Waals surface area contributed by atoms with Gasteiger partial charge in [-0.05, 0) is 85.5 Å². The smallest absolute Gasteiger partial charge is 0.264 e. The van der Waals surface area contributed by atoms with Crippen LogP contribution in [0, 0.1) is 5.92 Å². The van der Waals surface area contributed by atoms with E-state index in [0.717, 1.165) is 9.87 Å². The number of hydrogen-bond donors (Lipinski definition) is 1. The summed E-state index contributed by atoms with van der Waals surface area (Å²) in [6.07, 6.45) is 0.330. The van der Waals surface area contributed by atoms with Gasteiger partial charge in [0, 0.05) is 23.1 Å². The highest BCUT2D eigenvalue weighted by Crippen LogP contribution is 2.27. The van der Waals surface area contributed by atoms with Crippen molar-refractivity contribution in [2.24, 2.45) is 5.92 Å². The molecule has 0 fully saturated rings. The Morgan fingerprint density at radius 3 is 1.98 bits per heavy atom. The van der Waals surface area contributed by atoms with Gasteiger partial charge < -0.3 is 15.0 Å². The molecule has 0 aliphatic heterocycles. The third-order valence-electron chi connectivity index (χ3n) is 6.45. The second-order valence-electron chi connectivity index (χ2n) is 10.1. The average Bonchev–Trinajstić information content (AvgIpc) is 2.96. The summed E-state index contributed by atoms with van der Waals surface area (Å²) in [5.41, 5.74) is 1.02. The summed E-state index contributed by atoms with van der Waals surface area (Å²) in [6, 6.07) is 18.3. The number of hydrogen-bond acceptors (Lipinski definition) is 5. The Kier molecular flexibility index (Phi) is 12.1. The van der Waals surface area contributed by atoms with E-state index in [4.69, 9.17) is 27.9 Å². The highest BCUT2D eigenvalue weighted by molar-refractivity contribution is 7.92. The molecule has 0 spiro atoms. The van der Waals surface area contributed by atoms with Gasteiger partial charge in [0.05, 0.1) is 17.2 Å². The summed E-state index contributed by atoms with van der Waals surface area (Å²) in [7, 11) is -4.21. The maximum absolute atomic E-state index is 14.1. The molecule has 1 N–H and O–H groups in total. The molecule has 1 unspecified atom stereocenters. The Bertz CT molecular complexity index is 1430. The highest BCUT2D eigenvalue weighted by atomic mass is 35.5. The van der Waals surface area contributed by atoms with E-state index < -0.39 is 28.5 Å². The number of anilines is 1. The summed E-state index contributed by atoms with van der Waals surface area (Å²) >= 11 is 12.1. The van der Waals surface area contributed by atoms with E-state index in [2.05, 4.69) is 5.32 Å². The van der Waals surface area contributed by atoms with Crippen molar-refractivity contribution in [1.82, 2.24) is 10.2 Å². The molecule has 0 saturated heterocycles. The monoisotopic (exact) mass is 633 g/mol. The van der Waals surface area contributed by atoms with Crippen molar-refractivity contribution >= 4 is 50.7 Å². The zero-order valence-corrected chi connectivity index (χ0v) is 26.5. The number of ether oxygens (including phenoxy) is 1. The van der Waals surface area contributed by atoms with E-state index in [-0.39, 0.29) is 29.0 Å². The van der Waals surface area contributed by atoms with Crippen molar-refractivity contribution in [3.05, 3.63) is 88.4 Å². The number of amides is 2. The van der Waals surface area contributed by atoms with Crippen molar-refractivity contribution in [3.8, 4) is 5.75 Å². The van der Waals surface area contributed by atoms with E-state index >= 15 is 0 Å². The third kappa shape index (κ3) is 8.86. The normalized spacial score (nSPS) is 12.1. The molecule has 0 radical (unpaired) electrons. The molecule has 8 nitrogen and oxygen atoms in total. The maximum atomic E-state index is 14.1. The summed E-state index contributed by atoms with van der Waals surface area (Å²) < 4.78 is 34.5. The van der Waals surface area contributed by atoms with E-state index in [0.29, 0.717) is 35.4 Å². The number of carbonyl (C=O) groups excluding carboxylic acids is 2. The number of carbonyl (C=O) groups is 2. The number of rotatable bonds is 14. The van der Waals surface area contributed by atoms with Crippen molar-refractivity contribution < 1.29 is 22.7 Å². The molecular formula is C31H37Cl2N3O5S. The SMILES string of the molecule is CCOc1ccc(N(CC(=O)N(Cc2ccc(Cl)cc2)C(CC)C(=O)NCC(C)C)S(=O)(=O)c2ccc(Cl)cc2)cc1. The van der Waals surface area contributed by atoms with Crippen LogP contribution >= 0.6 is 23.2 Å². The molecule has 0 aliphatic rings. The summed E-state index contributed by atoms with van der Waals surface area (Å²) in [5, 5.41) is 3.83. The molecule has 226 valence electrons. The minimum atomic E-state index is -4.21. The van der Waals surface area contributed by atoms with Gasteiger partial charge in [0.15, 0.2) is 0 Å². The third-order valence-corrected chi connectivity index (χ3v) is 8.74. The van der Waals surface area contributed by atoms with Crippen LogP contribution in [-0.2, 0) is 26.2 Å². The maximum Gasteiger partial charge on any atom is 0.264 e. The first kappa shape index (κ1) is 33.2. The topological polar surface area (TPSA) is 96.0 Å². The quantitative estimate of drug-likeness (QED) is 0.229. The predicted octanol–water partition coefficient (Wildman–Crippen LogP) is 6.17. The lowest BCUT2D eigenvalue weighted by Gasteiger charge is -2.33. The minimum Gasteiger partial charge on any atom is -0.494 e. The van der Waals surface area contributed by atoms with Gasteiger partial charge in [0.2, 0.25) is 11.8 Å². The van der Waals surface area contributed by atoms with Crippen molar-refractivity contribution in [2.45, 2.75) is 51.6 Å². The van der Waals surface area contributed by atoms with Crippen LogP contribution in [0.25, 0.3) is 0 Å². The lowest BCUT2D eigenvalue weighted by molar-refractivity contribution is -0.140. The summed E-state index contributed by atoms with van der Waals surface area (Å²) in [5.74, 6) is -0.0650. The average molecular weight is 635 g/mol. The van der Waals surface area contributed by atoms with E-state index in [1.807, 2.05) is 27.7 Å². The molecule has 0 aliphatic carbocycles. The molecule has 11 heteroatoms. The van der Waals surface area contributed by atoms with Crippen molar-refractivity contribution in [2.75, 3.05) is 24.0 Å². The van der Waals surface area contributed by atoms with Crippen molar-refractivity contribution in [1.29, 1.82) is 0 Å². The lowest BCUT2D eigenvalue weighted by Crippen LogP contribution is -2.52. The van der Waals surface area contributed by atoms with Crippen LogP contribution in [0.15, 0.2) is 77.7 Å². The number of nitrogens with one attached hydrogen (secondary N) is 1. The van der Waals surface area contributed by atoms with Gasteiger partial charge in [-0.1, -0.05) is 56.1 Å². The number of sulfonamides is 1. The van der Waals surface area contributed by atoms with Gasteiger partial charge in [0.1, 0.15) is 18.3 Å². The molecule has 0 saturated carbocycles.